The number of ether oxygens (including phenoxy) is 1. The third-order valence-corrected chi connectivity index (χ3v) is 4.49. The highest BCUT2D eigenvalue weighted by atomic mass is 35.5. The molecule has 0 heterocycles. The van der Waals surface area contributed by atoms with E-state index in [1.807, 2.05) is 19.1 Å². The highest BCUT2D eigenvalue weighted by Gasteiger charge is 2.31. The topological polar surface area (TPSA) is 84.5 Å². The van der Waals surface area contributed by atoms with E-state index in [2.05, 4.69) is 10.6 Å². The molecule has 2 aromatic carbocycles. The molecule has 0 spiro atoms. The van der Waals surface area contributed by atoms with Gasteiger partial charge < -0.3 is 15.4 Å². The van der Waals surface area contributed by atoms with Gasteiger partial charge in [0.2, 0.25) is 5.91 Å². The molecule has 2 rings (SSSR count). The van der Waals surface area contributed by atoms with E-state index in [9.17, 15) is 27.6 Å². The van der Waals surface area contributed by atoms with Crippen LogP contribution < -0.4 is 10.6 Å². The van der Waals surface area contributed by atoms with E-state index >= 15 is 0 Å². The van der Waals surface area contributed by atoms with Gasteiger partial charge in [-0.1, -0.05) is 36.7 Å². The second-order valence-corrected chi connectivity index (χ2v) is 6.87. The fraction of sp³-hybridized carbons (Fsp3) is 0.286. The Hall–Kier alpha value is -3.07. The van der Waals surface area contributed by atoms with Crippen molar-refractivity contribution in [3.8, 4) is 0 Å². The number of para-hydroxylation sites is 1. The molecular weight excluding hydrogens is 437 g/mol. The Balaban J connectivity index is 1.80. The lowest BCUT2D eigenvalue weighted by Gasteiger charge is -2.12. The molecule has 2 aromatic rings. The number of halogens is 4. The first kappa shape index (κ1) is 24.2. The van der Waals surface area contributed by atoms with Crippen LogP contribution in [0.2, 0.25) is 5.02 Å². The van der Waals surface area contributed by atoms with Gasteiger partial charge in [0, 0.05) is 12.1 Å². The SMILES string of the molecule is CCc1ccccc1NC(=O)CCC(=O)OCC(=O)Nc1cc(C(F)(F)F)ccc1Cl. The van der Waals surface area contributed by atoms with E-state index in [-0.39, 0.29) is 23.6 Å². The lowest BCUT2D eigenvalue weighted by atomic mass is 10.1. The standard InChI is InChI=1S/C21H20ClF3N2O4/c1-2-13-5-3-4-6-16(13)26-18(28)9-10-20(30)31-12-19(29)27-17-11-14(21(23,24)25)7-8-15(17)22/h3-8,11H,2,9-10,12H2,1H3,(H,26,28)(H,27,29). The van der Waals surface area contributed by atoms with Crippen molar-refractivity contribution in [1.29, 1.82) is 0 Å². The number of benzene rings is 2. The first-order valence-electron chi connectivity index (χ1n) is 9.30. The van der Waals surface area contributed by atoms with Gasteiger partial charge in [0.15, 0.2) is 6.61 Å². The Labute approximate surface area is 181 Å². The first-order valence-corrected chi connectivity index (χ1v) is 9.68. The Morgan fingerprint density at radius 1 is 0.968 bits per heavy atom. The molecule has 0 bridgehead atoms. The molecule has 0 saturated carbocycles. The summed E-state index contributed by atoms with van der Waals surface area (Å²) in [6.45, 7) is 1.21. The highest BCUT2D eigenvalue weighted by Crippen LogP contribution is 2.33. The average Bonchev–Trinajstić information content (AvgIpc) is 2.72. The van der Waals surface area contributed by atoms with Gasteiger partial charge >= 0.3 is 12.1 Å². The van der Waals surface area contributed by atoms with Gasteiger partial charge in [-0.2, -0.15) is 13.2 Å². The monoisotopic (exact) mass is 456 g/mol. The molecule has 0 aliphatic rings. The van der Waals surface area contributed by atoms with Crippen molar-refractivity contribution in [1.82, 2.24) is 0 Å². The predicted molar refractivity (Wildman–Crippen MR) is 110 cm³/mol. The van der Waals surface area contributed by atoms with Crippen molar-refractivity contribution in [2.75, 3.05) is 17.2 Å². The molecule has 0 unspecified atom stereocenters. The van der Waals surface area contributed by atoms with Crippen molar-refractivity contribution in [2.45, 2.75) is 32.4 Å². The van der Waals surface area contributed by atoms with Gasteiger partial charge in [-0.25, -0.2) is 0 Å². The molecule has 166 valence electrons. The van der Waals surface area contributed by atoms with E-state index < -0.39 is 36.1 Å². The molecule has 10 heteroatoms. The zero-order chi connectivity index (χ0) is 23.0. The molecule has 2 amide bonds. The molecular formula is C21H20ClF3N2O4. The van der Waals surface area contributed by atoms with Gasteiger partial charge in [0.25, 0.3) is 5.91 Å². The van der Waals surface area contributed by atoms with Gasteiger partial charge in [-0.3, -0.25) is 14.4 Å². The molecule has 31 heavy (non-hydrogen) atoms. The minimum Gasteiger partial charge on any atom is -0.456 e. The van der Waals surface area contributed by atoms with Crippen molar-refractivity contribution < 1.29 is 32.3 Å². The zero-order valence-corrected chi connectivity index (χ0v) is 17.3. The van der Waals surface area contributed by atoms with Crippen LogP contribution in [-0.4, -0.2) is 24.4 Å². The molecule has 0 aliphatic heterocycles. The number of nitrogens with one attached hydrogen (secondary N) is 2. The number of hydrogen-bond donors (Lipinski definition) is 2. The summed E-state index contributed by atoms with van der Waals surface area (Å²) in [5.74, 6) is -2.06. The van der Waals surface area contributed by atoms with Crippen LogP contribution in [0.4, 0.5) is 24.5 Å². The number of hydrogen-bond acceptors (Lipinski definition) is 4. The van der Waals surface area contributed by atoms with Gasteiger partial charge in [-0.05, 0) is 36.2 Å². The summed E-state index contributed by atoms with van der Waals surface area (Å²) in [6, 6.07) is 9.71. The molecule has 0 aromatic heterocycles. The molecule has 0 atom stereocenters. The van der Waals surface area contributed by atoms with Crippen molar-refractivity contribution >= 4 is 40.8 Å². The van der Waals surface area contributed by atoms with Gasteiger partial charge in [0.05, 0.1) is 22.7 Å². The molecule has 2 N–H and O–H groups in total. The molecule has 0 fully saturated rings. The number of carbonyl (C=O) groups is 3. The second-order valence-electron chi connectivity index (χ2n) is 6.46. The Morgan fingerprint density at radius 3 is 2.32 bits per heavy atom. The summed E-state index contributed by atoms with van der Waals surface area (Å²) in [5.41, 5.74) is 0.357. The van der Waals surface area contributed by atoms with Gasteiger partial charge in [-0.15, -0.1) is 0 Å². The number of amides is 2. The van der Waals surface area contributed by atoms with Crippen molar-refractivity contribution in [3.63, 3.8) is 0 Å². The normalized spacial score (nSPS) is 11.0. The summed E-state index contributed by atoms with van der Waals surface area (Å²) in [5, 5.41) is 4.77. The minimum atomic E-state index is -4.60. The van der Waals surface area contributed by atoms with E-state index in [0.29, 0.717) is 11.8 Å². The van der Waals surface area contributed by atoms with E-state index in [1.54, 1.807) is 12.1 Å². The Kier molecular flexibility index (Phi) is 8.44. The van der Waals surface area contributed by atoms with Crippen molar-refractivity contribution in [2.24, 2.45) is 0 Å². The first-order chi connectivity index (χ1) is 14.6. The molecule has 6 nitrogen and oxygen atoms in total. The molecule has 0 aliphatic carbocycles. The van der Waals surface area contributed by atoms with Crippen LogP contribution in [0.25, 0.3) is 0 Å². The molecule has 0 saturated heterocycles. The minimum absolute atomic E-state index is 0.100. The van der Waals surface area contributed by atoms with Crippen LogP contribution in [0.3, 0.4) is 0 Å². The van der Waals surface area contributed by atoms with E-state index in [4.69, 9.17) is 16.3 Å². The predicted octanol–water partition coefficient (Wildman–Crippen LogP) is 4.82. The maximum atomic E-state index is 12.8. The van der Waals surface area contributed by atoms with Crippen LogP contribution in [0.15, 0.2) is 42.5 Å². The summed E-state index contributed by atoms with van der Waals surface area (Å²) < 4.78 is 43.1. The van der Waals surface area contributed by atoms with E-state index in [0.717, 1.165) is 24.1 Å². The van der Waals surface area contributed by atoms with Crippen molar-refractivity contribution in [3.05, 3.63) is 58.6 Å². The third-order valence-electron chi connectivity index (χ3n) is 4.16. The highest BCUT2D eigenvalue weighted by molar-refractivity contribution is 6.33. The lowest BCUT2D eigenvalue weighted by molar-refractivity contribution is -0.147. The number of rotatable bonds is 8. The zero-order valence-electron chi connectivity index (χ0n) is 16.5. The maximum absolute atomic E-state index is 12.8. The largest absolute Gasteiger partial charge is 0.456 e. The second kappa shape index (κ2) is 10.8. The van der Waals surface area contributed by atoms with Crippen LogP contribution in [-0.2, 0) is 31.7 Å². The summed E-state index contributed by atoms with van der Waals surface area (Å²) in [4.78, 5) is 35.7. The fourth-order valence-corrected chi connectivity index (χ4v) is 2.75. The quantitative estimate of drug-likeness (QED) is 0.558. The number of esters is 1. The van der Waals surface area contributed by atoms with Gasteiger partial charge in [0.1, 0.15) is 0 Å². The van der Waals surface area contributed by atoms with E-state index in [1.165, 1.54) is 0 Å². The van der Waals surface area contributed by atoms with Crippen LogP contribution in [0.5, 0.6) is 0 Å². The lowest BCUT2D eigenvalue weighted by Crippen LogP contribution is -2.22. The smallest absolute Gasteiger partial charge is 0.416 e. The Bertz CT molecular complexity index is 964. The number of alkyl halides is 3. The number of anilines is 2. The van der Waals surface area contributed by atoms with Crippen LogP contribution in [0.1, 0.15) is 30.9 Å². The molecule has 0 radical (unpaired) electrons. The summed E-state index contributed by atoms with van der Waals surface area (Å²) >= 11 is 5.79. The average molecular weight is 457 g/mol. The summed E-state index contributed by atoms with van der Waals surface area (Å²) in [6.07, 6.45) is -4.30. The third kappa shape index (κ3) is 7.60. The van der Waals surface area contributed by atoms with Crippen LogP contribution in [0, 0.1) is 0 Å². The Morgan fingerprint density at radius 2 is 1.65 bits per heavy atom. The number of aryl methyl sites for hydroxylation is 1. The maximum Gasteiger partial charge on any atom is 0.416 e. The number of carbonyl (C=O) groups excluding carboxylic acids is 3. The summed E-state index contributed by atoms with van der Waals surface area (Å²) in [7, 11) is 0. The van der Waals surface area contributed by atoms with Crippen LogP contribution >= 0.6 is 11.6 Å². The fourth-order valence-electron chi connectivity index (χ4n) is 2.58.